The summed E-state index contributed by atoms with van der Waals surface area (Å²) >= 11 is 0. The maximum absolute atomic E-state index is 9.04. The number of nitrogens with zero attached hydrogens (tertiary/aromatic N) is 2. The molecule has 110 valence electrons. The number of benzene rings is 1. The SMILES string of the molecule is NC(=NO)C(CN1CCCCCCC1)c1ccccc1. The van der Waals surface area contributed by atoms with Crippen molar-refractivity contribution in [1.29, 1.82) is 0 Å². The molecular weight excluding hydrogens is 250 g/mol. The quantitative estimate of drug-likeness (QED) is 0.384. The van der Waals surface area contributed by atoms with E-state index in [9.17, 15) is 0 Å². The molecule has 1 atom stereocenters. The first-order chi connectivity index (χ1) is 9.81. The predicted molar refractivity (Wildman–Crippen MR) is 82.1 cm³/mol. The molecule has 0 spiro atoms. The van der Waals surface area contributed by atoms with Crippen LogP contribution in [-0.4, -0.2) is 35.6 Å². The standard InChI is InChI=1S/C16H25N3O/c17-16(18-20)15(14-9-5-4-6-10-14)13-19-11-7-2-1-3-8-12-19/h4-6,9-10,15,20H,1-3,7-8,11-13H2,(H2,17,18). The van der Waals surface area contributed by atoms with E-state index in [2.05, 4.69) is 10.1 Å². The van der Waals surface area contributed by atoms with Gasteiger partial charge in [0.1, 0.15) is 5.84 Å². The lowest BCUT2D eigenvalue weighted by atomic mass is 9.96. The number of rotatable bonds is 4. The molecule has 1 aromatic rings. The van der Waals surface area contributed by atoms with Crippen LogP contribution < -0.4 is 5.73 Å². The molecule has 2 rings (SSSR count). The monoisotopic (exact) mass is 275 g/mol. The Hall–Kier alpha value is -1.55. The highest BCUT2D eigenvalue weighted by Gasteiger charge is 2.20. The second-order valence-electron chi connectivity index (χ2n) is 5.56. The van der Waals surface area contributed by atoms with Crippen molar-refractivity contribution in [3.05, 3.63) is 35.9 Å². The van der Waals surface area contributed by atoms with E-state index >= 15 is 0 Å². The molecule has 0 saturated carbocycles. The van der Waals surface area contributed by atoms with Gasteiger partial charge in [-0.15, -0.1) is 0 Å². The summed E-state index contributed by atoms with van der Waals surface area (Å²) in [6.07, 6.45) is 6.48. The van der Waals surface area contributed by atoms with Gasteiger partial charge in [0.25, 0.3) is 0 Å². The zero-order valence-electron chi connectivity index (χ0n) is 12.0. The third kappa shape index (κ3) is 4.23. The highest BCUT2D eigenvalue weighted by atomic mass is 16.4. The molecule has 1 aliphatic rings. The molecule has 3 N–H and O–H groups in total. The first-order valence-corrected chi connectivity index (χ1v) is 7.56. The van der Waals surface area contributed by atoms with Crippen molar-refractivity contribution in [1.82, 2.24) is 4.90 Å². The summed E-state index contributed by atoms with van der Waals surface area (Å²) in [5, 5.41) is 12.3. The van der Waals surface area contributed by atoms with Gasteiger partial charge in [-0.05, 0) is 31.5 Å². The number of amidine groups is 1. The van der Waals surface area contributed by atoms with E-state index < -0.39 is 0 Å². The molecule has 1 fully saturated rings. The van der Waals surface area contributed by atoms with Crippen LogP contribution in [0.15, 0.2) is 35.5 Å². The highest BCUT2D eigenvalue weighted by molar-refractivity contribution is 5.87. The minimum atomic E-state index is -0.0272. The van der Waals surface area contributed by atoms with E-state index in [0.29, 0.717) is 5.84 Å². The maximum Gasteiger partial charge on any atom is 0.147 e. The minimum absolute atomic E-state index is 0.0272. The highest BCUT2D eigenvalue weighted by Crippen LogP contribution is 2.19. The van der Waals surface area contributed by atoms with Crippen molar-refractivity contribution in [3.8, 4) is 0 Å². The Labute approximate surface area is 121 Å². The van der Waals surface area contributed by atoms with Gasteiger partial charge in [0.2, 0.25) is 0 Å². The maximum atomic E-state index is 9.04. The third-order valence-electron chi connectivity index (χ3n) is 4.06. The summed E-state index contributed by atoms with van der Waals surface area (Å²) < 4.78 is 0. The zero-order valence-corrected chi connectivity index (χ0v) is 12.0. The molecule has 0 bridgehead atoms. The van der Waals surface area contributed by atoms with Gasteiger partial charge in [-0.3, -0.25) is 0 Å². The smallest absolute Gasteiger partial charge is 0.147 e. The molecule has 0 amide bonds. The van der Waals surface area contributed by atoms with Crippen LogP contribution in [0.3, 0.4) is 0 Å². The van der Waals surface area contributed by atoms with Crippen molar-refractivity contribution >= 4 is 5.84 Å². The Morgan fingerprint density at radius 1 is 1.10 bits per heavy atom. The first-order valence-electron chi connectivity index (χ1n) is 7.56. The molecule has 0 aromatic heterocycles. The number of oxime groups is 1. The Bertz CT molecular complexity index is 411. The van der Waals surface area contributed by atoms with E-state index in [1.54, 1.807) is 0 Å². The molecule has 4 nitrogen and oxygen atoms in total. The summed E-state index contributed by atoms with van der Waals surface area (Å²) in [5.74, 6) is 0.277. The Kier molecular flexibility index (Phi) is 5.87. The number of hydrogen-bond donors (Lipinski definition) is 2. The molecule has 1 heterocycles. The second kappa shape index (κ2) is 7.90. The second-order valence-corrected chi connectivity index (χ2v) is 5.56. The average Bonchev–Trinajstić information content (AvgIpc) is 2.46. The molecule has 4 heteroatoms. The van der Waals surface area contributed by atoms with Crippen LogP contribution >= 0.6 is 0 Å². The van der Waals surface area contributed by atoms with Crippen LogP contribution in [0.4, 0.5) is 0 Å². The van der Waals surface area contributed by atoms with Gasteiger partial charge >= 0.3 is 0 Å². The van der Waals surface area contributed by atoms with E-state index in [4.69, 9.17) is 10.9 Å². The normalized spacial score (nSPS) is 20.1. The molecule has 0 radical (unpaired) electrons. The fourth-order valence-corrected chi connectivity index (χ4v) is 2.88. The summed E-state index contributed by atoms with van der Waals surface area (Å²) in [6, 6.07) is 10.1. The van der Waals surface area contributed by atoms with Crippen molar-refractivity contribution < 1.29 is 5.21 Å². The first kappa shape index (κ1) is 14.9. The lowest BCUT2D eigenvalue weighted by Gasteiger charge is -2.28. The van der Waals surface area contributed by atoms with Crippen molar-refractivity contribution in [2.24, 2.45) is 10.9 Å². The van der Waals surface area contributed by atoms with E-state index in [-0.39, 0.29) is 5.92 Å². The Balaban J connectivity index is 2.07. The molecule has 0 aliphatic carbocycles. The van der Waals surface area contributed by atoms with E-state index in [0.717, 1.165) is 25.2 Å². The van der Waals surface area contributed by atoms with Gasteiger partial charge in [-0.25, -0.2) is 0 Å². The van der Waals surface area contributed by atoms with Crippen molar-refractivity contribution in [2.45, 2.75) is 38.0 Å². The third-order valence-corrected chi connectivity index (χ3v) is 4.06. The van der Waals surface area contributed by atoms with Crippen LogP contribution in [0.25, 0.3) is 0 Å². The topological polar surface area (TPSA) is 61.9 Å². The minimum Gasteiger partial charge on any atom is -0.409 e. The van der Waals surface area contributed by atoms with Crippen LogP contribution in [0, 0.1) is 0 Å². The van der Waals surface area contributed by atoms with Crippen molar-refractivity contribution in [2.75, 3.05) is 19.6 Å². The van der Waals surface area contributed by atoms with Gasteiger partial charge in [0.15, 0.2) is 0 Å². The fraction of sp³-hybridized carbons (Fsp3) is 0.562. The summed E-state index contributed by atoms with van der Waals surface area (Å²) in [4.78, 5) is 2.45. The molecule has 1 unspecified atom stereocenters. The molecule has 1 aliphatic heterocycles. The van der Waals surface area contributed by atoms with Gasteiger partial charge in [-0.1, -0.05) is 54.8 Å². The summed E-state index contributed by atoms with van der Waals surface area (Å²) in [7, 11) is 0. The summed E-state index contributed by atoms with van der Waals surface area (Å²) in [5.41, 5.74) is 7.03. The number of hydrogen-bond acceptors (Lipinski definition) is 3. The van der Waals surface area contributed by atoms with Crippen molar-refractivity contribution in [3.63, 3.8) is 0 Å². The Morgan fingerprint density at radius 2 is 1.70 bits per heavy atom. The van der Waals surface area contributed by atoms with Gasteiger partial charge < -0.3 is 15.8 Å². The number of likely N-dealkylation sites (tertiary alicyclic amines) is 1. The number of nitrogens with two attached hydrogens (primary N) is 1. The Morgan fingerprint density at radius 3 is 2.30 bits per heavy atom. The molecule has 20 heavy (non-hydrogen) atoms. The molecule has 1 aromatic carbocycles. The lowest BCUT2D eigenvalue weighted by molar-refractivity contribution is 0.242. The van der Waals surface area contributed by atoms with Gasteiger partial charge in [0, 0.05) is 6.54 Å². The van der Waals surface area contributed by atoms with E-state index in [1.807, 2.05) is 30.3 Å². The van der Waals surface area contributed by atoms with E-state index in [1.165, 1.54) is 32.1 Å². The molecular formula is C16H25N3O. The predicted octanol–water partition coefficient (Wildman–Crippen LogP) is 2.78. The molecule has 1 saturated heterocycles. The van der Waals surface area contributed by atoms with Gasteiger partial charge in [-0.2, -0.15) is 0 Å². The zero-order chi connectivity index (χ0) is 14.2. The van der Waals surface area contributed by atoms with Gasteiger partial charge in [0.05, 0.1) is 5.92 Å². The fourth-order valence-electron chi connectivity index (χ4n) is 2.88. The lowest BCUT2D eigenvalue weighted by Crippen LogP contribution is -2.36. The van der Waals surface area contributed by atoms with Crippen LogP contribution in [0.1, 0.15) is 43.6 Å². The summed E-state index contributed by atoms with van der Waals surface area (Å²) in [6.45, 7) is 3.06. The average molecular weight is 275 g/mol. The van der Waals surface area contributed by atoms with Crippen LogP contribution in [0.5, 0.6) is 0 Å². The van der Waals surface area contributed by atoms with Crippen LogP contribution in [-0.2, 0) is 0 Å². The largest absolute Gasteiger partial charge is 0.409 e. The van der Waals surface area contributed by atoms with Crippen LogP contribution in [0.2, 0.25) is 0 Å².